The van der Waals surface area contributed by atoms with E-state index < -0.39 is 0 Å². The first kappa shape index (κ1) is 14.4. The highest BCUT2D eigenvalue weighted by Gasteiger charge is 2.50. The van der Waals surface area contributed by atoms with E-state index in [0.29, 0.717) is 11.0 Å². The van der Waals surface area contributed by atoms with Crippen molar-refractivity contribution in [3.8, 4) is 5.75 Å². The number of nitrogens with one attached hydrogen (secondary N) is 1. The minimum atomic E-state index is -0.170. The van der Waals surface area contributed by atoms with Gasteiger partial charge < -0.3 is 10.4 Å². The van der Waals surface area contributed by atoms with Gasteiger partial charge in [0, 0.05) is 6.54 Å². The number of aromatic hydroxyl groups is 1. The van der Waals surface area contributed by atoms with Crippen LogP contribution in [0.3, 0.4) is 0 Å². The Balaban J connectivity index is 1.46. The molecule has 5 rings (SSSR count). The first-order chi connectivity index (χ1) is 10.5. The lowest BCUT2D eigenvalue weighted by atomic mass is 9.49. The van der Waals surface area contributed by atoms with Gasteiger partial charge in [0.05, 0.1) is 10.6 Å². The number of amides is 1. The lowest BCUT2D eigenvalue weighted by Gasteiger charge is -2.56. The Bertz CT molecular complexity index is 578. The summed E-state index contributed by atoms with van der Waals surface area (Å²) < 4.78 is 0. The van der Waals surface area contributed by atoms with E-state index >= 15 is 0 Å². The van der Waals surface area contributed by atoms with Crippen molar-refractivity contribution in [2.45, 2.75) is 38.5 Å². The van der Waals surface area contributed by atoms with Crippen molar-refractivity contribution in [1.82, 2.24) is 5.32 Å². The van der Waals surface area contributed by atoms with Gasteiger partial charge in [0.2, 0.25) is 0 Å². The minimum Gasteiger partial charge on any atom is -0.506 e. The summed E-state index contributed by atoms with van der Waals surface area (Å²) in [6, 6.07) is 4.82. The number of carbonyl (C=O) groups excluding carboxylic acids is 1. The maximum absolute atomic E-state index is 12.4. The number of carbonyl (C=O) groups is 1. The highest BCUT2D eigenvalue weighted by molar-refractivity contribution is 6.35. The summed E-state index contributed by atoms with van der Waals surface area (Å²) in [7, 11) is 0. The van der Waals surface area contributed by atoms with Crippen molar-refractivity contribution in [3.63, 3.8) is 0 Å². The van der Waals surface area contributed by atoms with Crippen LogP contribution in [0.25, 0.3) is 0 Å². The molecule has 4 aliphatic carbocycles. The summed E-state index contributed by atoms with van der Waals surface area (Å²) in [5.74, 6) is 2.44. The van der Waals surface area contributed by atoms with Crippen molar-refractivity contribution >= 4 is 17.5 Å². The van der Waals surface area contributed by atoms with Crippen molar-refractivity contribution < 1.29 is 9.90 Å². The summed E-state index contributed by atoms with van der Waals surface area (Å²) in [6.07, 6.45) is 8.04. The van der Waals surface area contributed by atoms with Gasteiger partial charge >= 0.3 is 0 Å². The second kappa shape index (κ2) is 5.16. The monoisotopic (exact) mass is 319 g/mol. The maximum Gasteiger partial charge on any atom is 0.252 e. The summed E-state index contributed by atoms with van der Waals surface area (Å²) >= 11 is 6.03. The topological polar surface area (TPSA) is 49.3 Å². The zero-order valence-corrected chi connectivity index (χ0v) is 13.4. The third kappa shape index (κ3) is 2.40. The molecule has 4 aliphatic rings. The third-order valence-corrected chi connectivity index (χ3v) is 6.41. The molecule has 22 heavy (non-hydrogen) atoms. The number of hydrogen-bond donors (Lipinski definition) is 2. The fourth-order valence-corrected chi connectivity index (χ4v) is 5.78. The van der Waals surface area contributed by atoms with Gasteiger partial charge in [-0.05, 0) is 73.8 Å². The Labute approximate surface area is 136 Å². The van der Waals surface area contributed by atoms with Crippen LogP contribution in [0.5, 0.6) is 5.75 Å². The van der Waals surface area contributed by atoms with E-state index in [4.69, 9.17) is 11.6 Å². The number of halogens is 1. The van der Waals surface area contributed by atoms with E-state index in [1.54, 1.807) is 12.1 Å². The SMILES string of the molecule is O=C(NCC12CC3CC(CC(C3)C1)C2)c1cccc(O)c1Cl. The molecule has 4 bridgehead atoms. The Kier molecular flexibility index (Phi) is 3.37. The third-order valence-electron chi connectivity index (χ3n) is 6.01. The van der Waals surface area contributed by atoms with E-state index in [9.17, 15) is 9.90 Å². The molecule has 4 heteroatoms. The molecule has 1 aromatic carbocycles. The quantitative estimate of drug-likeness (QED) is 0.885. The Morgan fingerprint density at radius 2 is 1.77 bits per heavy atom. The van der Waals surface area contributed by atoms with E-state index in [-0.39, 0.29) is 16.7 Å². The van der Waals surface area contributed by atoms with Gasteiger partial charge in [-0.15, -0.1) is 0 Å². The Morgan fingerprint density at radius 1 is 1.18 bits per heavy atom. The minimum absolute atomic E-state index is 0.0379. The van der Waals surface area contributed by atoms with Crippen molar-refractivity contribution in [2.24, 2.45) is 23.2 Å². The molecule has 4 saturated carbocycles. The number of phenols is 1. The van der Waals surface area contributed by atoms with Crippen molar-refractivity contribution in [3.05, 3.63) is 28.8 Å². The number of rotatable bonds is 3. The highest BCUT2D eigenvalue weighted by atomic mass is 35.5. The predicted octanol–water partition coefficient (Wildman–Crippen LogP) is 3.99. The van der Waals surface area contributed by atoms with Crippen LogP contribution in [-0.4, -0.2) is 17.6 Å². The molecule has 2 N–H and O–H groups in total. The molecule has 0 atom stereocenters. The predicted molar refractivity (Wildman–Crippen MR) is 86.1 cm³/mol. The largest absolute Gasteiger partial charge is 0.506 e. The fraction of sp³-hybridized carbons (Fsp3) is 0.611. The van der Waals surface area contributed by atoms with Gasteiger partial charge in [-0.3, -0.25) is 4.79 Å². The molecule has 4 fully saturated rings. The molecule has 0 aliphatic heterocycles. The summed E-state index contributed by atoms with van der Waals surface area (Å²) in [5.41, 5.74) is 0.680. The number of phenolic OH excluding ortho intramolecular Hbond substituents is 1. The van der Waals surface area contributed by atoms with Crippen LogP contribution in [0.2, 0.25) is 5.02 Å². The molecule has 0 spiro atoms. The summed E-state index contributed by atoms with van der Waals surface area (Å²) in [4.78, 5) is 12.4. The molecule has 0 heterocycles. The average molecular weight is 320 g/mol. The van der Waals surface area contributed by atoms with Gasteiger partial charge in [-0.1, -0.05) is 17.7 Å². The summed E-state index contributed by atoms with van der Waals surface area (Å²) in [5, 5.41) is 12.9. The van der Waals surface area contributed by atoms with Crippen LogP contribution < -0.4 is 5.32 Å². The van der Waals surface area contributed by atoms with E-state index in [2.05, 4.69) is 5.32 Å². The number of benzene rings is 1. The zero-order chi connectivity index (χ0) is 15.3. The van der Waals surface area contributed by atoms with Crippen LogP contribution in [0.4, 0.5) is 0 Å². The van der Waals surface area contributed by atoms with E-state index in [1.165, 1.54) is 44.6 Å². The highest BCUT2D eigenvalue weighted by Crippen LogP contribution is 2.59. The lowest BCUT2D eigenvalue weighted by Crippen LogP contribution is -2.51. The van der Waals surface area contributed by atoms with Crippen molar-refractivity contribution in [1.29, 1.82) is 0 Å². The van der Waals surface area contributed by atoms with Crippen LogP contribution >= 0.6 is 11.6 Å². The molecular weight excluding hydrogens is 298 g/mol. The molecule has 3 nitrogen and oxygen atoms in total. The molecule has 0 radical (unpaired) electrons. The van der Waals surface area contributed by atoms with Gasteiger partial charge in [0.1, 0.15) is 5.75 Å². The van der Waals surface area contributed by atoms with Gasteiger partial charge in [-0.2, -0.15) is 0 Å². The maximum atomic E-state index is 12.4. The van der Waals surface area contributed by atoms with Crippen LogP contribution in [-0.2, 0) is 0 Å². The van der Waals surface area contributed by atoms with Crippen molar-refractivity contribution in [2.75, 3.05) is 6.54 Å². The van der Waals surface area contributed by atoms with Crippen LogP contribution in [0, 0.1) is 23.2 Å². The number of hydrogen-bond acceptors (Lipinski definition) is 2. The van der Waals surface area contributed by atoms with Gasteiger partial charge in [-0.25, -0.2) is 0 Å². The first-order valence-corrected chi connectivity index (χ1v) is 8.68. The lowest BCUT2D eigenvalue weighted by molar-refractivity contribution is -0.0503. The standard InChI is InChI=1S/C18H22ClNO2/c19-16-14(2-1-3-15(16)21)17(22)20-10-18-7-11-4-12(8-18)6-13(5-11)9-18/h1-3,11-13,21H,4-10H2,(H,20,22). The van der Waals surface area contributed by atoms with Crippen LogP contribution in [0.15, 0.2) is 18.2 Å². The molecular formula is C18H22ClNO2. The van der Waals surface area contributed by atoms with Gasteiger partial charge in [0.25, 0.3) is 5.91 Å². The second-order valence-electron chi connectivity index (χ2n) is 7.74. The fourth-order valence-electron chi connectivity index (χ4n) is 5.56. The molecule has 1 amide bonds. The van der Waals surface area contributed by atoms with E-state index in [0.717, 1.165) is 24.3 Å². The van der Waals surface area contributed by atoms with Crippen LogP contribution in [0.1, 0.15) is 48.9 Å². The normalized spacial score (nSPS) is 35.6. The molecule has 1 aromatic rings. The smallest absolute Gasteiger partial charge is 0.252 e. The second-order valence-corrected chi connectivity index (χ2v) is 8.12. The first-order valence-electron chi connectivity index (χ1n) is 8.30. The van der Waals surface area contributed by atoms with Gasteiger partial charge in [0.15, 0.2) is 0 Å². The zero-order valence-electron chi connectivity index (χ0n) is 12.6. The van der Waals surface area contributed by atoms with E-state index in [1.807, 2.05) is 0 Å². The molecule has 118 valence electrons. The molecule has 0 unspecified atom stereocenters. The average Bonchev–Trinajstić information content (AvgIpc) is 2.46. The summed E-state index contributed by atoms with van der Waals surface area (Å²) in [6.45, 7) is 0.751. The molecule has 0 aromatic heterocycles. The Hall–Kier alpha value is -1.22. The Morgan fingerprint density at radius 3 is 2.36 bits per heavy atom. The molecule has 0 saturated heterocycles.